The van der Waals surface area contributed by atoms with Crippen LogP contribution in [0.2, 0.25) is 0 Å². The highest BCUT2D eigenvalue weighted by molar-refractivity contribution is 5.99. The molecule has 30 heavy (non-hydrogen) atoms. The Balaban J connectivity index is 2.47. The van der Waals surface area contributed by atoms with Crippen molar-refractivity contribution in [2.24, 2.45) is 0 Å². The molecule has 0 saturated heterocycles. The van der Waals surface area contributed by atoms with E-state index in [-0.39, 0.29) is 47.0 Å². The minimum Gasteiger partial charge on any atom is -0.508 e. The Bertz CT molecular complexity index is 1220. The molecule has 0 aliphatic heterocycles. The number of hydrogen-bond acceptors (Lipinski definition) is 7. The summed E-state index contributed by atoms with van der Waals surface area (Å²) in [4.78, 5) is 13.3. The van der Waals surface area contributed by atoms with Crippen molar-refractivity contribution in [3.05, 3.63) is 45.1 Å². The van der Waals surface area contributed by atoms with E-state index < -0.39 is 28.3 Å². The number of phenolic OH excluding ortho intramolecular Hbond substituents is 4. The number of benzene rings is 2. The Labute approximate surface area is 173 Å². The molecule has 3 rings (SSSR count). The number of allylic oxidation sites excluding steroid dienone is 2. The van der Waals surface area contributed by atoms with Crippen LogP contribution in [0.25, 0.3) is 21.9 Å². The predicted octanol–water partition coefficient (Wildman–Crippen LogP) is 3.98. The maximum absolute atomic E-state index is 13.3. The second-order valence-electron chi connectivity index (χ2n) is 8.43. The fourth-order valence-corrected chi connectivity index (χ4v) is 3.50. The third kappa shape index (κ3) is 3.93. The topological polar surface area (TPSA) is 131 Å². The molecule has 0 fully saturated rings. The lowest BCUT2D eigenvalue weighted by Crippen LogP contribution is -2.20. The quantitative estimate of drug-likeness (QED) is 0.242. The number of aromatic hydroxyl groups is 4. The summed E-state index contributed by atoms with van der Waals surface area (Å²) in [5, 5.41) is 51.3. The van der Waals surface area contributed by atoms with Gasteiger partial charge in [-0.1, -0.05) is 11.6 Å². The number of fused-ring (bicyclic) bond motifs is 2. The highest BCUT2D eigenvalue weighted by Crippen LogP contribution is 2.42. The lowest BCUT2D eigenvalue weighted by molar-refractivity contribution is 0.0714. The number of phenols is 4. The van der Waals surface area contributed by atoms with E-state index in [0.717, 1.165) is 17.7 Å². The molecule has 0 radical (unpaired) electrons. The Morgan fingerprint density at radius 1 is 1.03 bits per heavy atom. The lowest BCUT2D eigenvalue weighted by atomic mass is 9.90. The van der Waals surface area contributed by atoms with E-state index in [1.165, 1.54) is 0 Å². The van der Waals surface area contributed by atoms with Crippen LogP contribution in [-0.2, 0) is 12.8 Å². The van der Waals surface area contributed by atoms with Crippen LogP contribution in [0.1, 0.15) is 45.2 Å². The smallest absolute Gasteiger partial charge is 0.204 e. The fraction of sp³-hybridized carbons (Fsp3) is 0.348. The Kier molecular flexibility index (Phi) is 5.43. The van der Waals surface area contributed by atoms with E-state index in [9.17, 15) is 30.3 Å². The molecule has 160 valence electrons. The predicted molar refractivity (Wildman–Crippen MR) is 114 cm³/mol. The second kappa shape index (κ2) is 7.57. The van der Waals surface area contributed by atoms with Crippen LogP contribution >= 0.6 is 0 Å². The van der Waals surface area contributed by atoms with Crippen LogP contribution < -0.4 is 5.43 Å². The average molecular weight is 414 g/mol. The zero-order chi connectivity index (χ0) is 22.4. The summed E-state index contributed by atoms with van der Waals surface area (Å²) in [5.41, 5.74) is -0.201. The van der Waals surface area contributed by atoms with Crippen LogP contribution in [0.15, 0.2) is 33.0 Å². The van der Waals surface area contributed by atoms with E-state index >= 15 is 0 Å². The van der Waals surface area contributed by atoms with Gasteiger partial charge in [0.15, 0.2) is 11.3 Å². The summed E-state index contributed by atoms with van der Waals surface area (Å²) in [7, 11) is 0. The summed E-state index contributed by atoms with van der Waals surface area (Å²) in [5.74, 6) is -1.75. The summed E-state index contributed by atoms with van der Waals surface area (Å²) in [6.07, 6.45) is 2.63. The molecule has 1 heterocycles. The molecule has 0 saturated carbocycles. The fourth-order valence-electron chi connectivity index (χ4n) is 3.50. The molecule has 1 aromatic heterocycles. The van der Waals surface area contributed by atoms with Crippen LogP contribution in [-0.4, -0.2) is 31.1 Å². The number of hydrogen-bond donors (Lipinski definition) is 5. The van der Waals surface area contributed by atoms with Gasteiger partial charge in [-0.2, -0.15) is 0 Å². The third-order valence-electron chi connectivity index (χ3n) is 5.05. The van der Waals surface area contributed by atoms with Crippen molar-refractivity contribution in [1.29, 1.82) is 0 Å². The lowest BCUT2D eigenvalue weighted by Gasteiger charge is -2.20. The number of rotatable bonds is 5. The van der Waals surface area contributed by atoms with Crippen molar-refractivity contribution in [1.82, 2.24) is 0 Å². The van der Waals surface area contributed by atoms with Gasteiger partial charge in [0.05, 0.1) is 11.0 Å². The van der Waals surface area contributed by atoms with Gasteiger partial charge in [-0.3, -0.25) is 4.79 Å². The first kappa shape index (κ1) is 21.5. The van der Waals surface area contributed by atoms with E-state index in [1.807, 2.05) is 19.9 Å². The molecule has 0 amide bonds. The summed E-state index contributed by atoms with van der Waals surface area (Å²) in [6, 6.07) is 2.19. The standard InChI is InChI=1S/C23H26O7/c1-11(2)5-6-14-13(7-8-23(3,4)29)17-20(27)18-15(25)9-12(24)10-16(18)30-22(17)21(28)19(14)26/h5,9-10,24-26,28-29H,6-8H2,1-4H3. The molecule has 0 unspecified atom stereocenters. The van der Waals surface area contributed by atoms with Crippen molar-refractivity contribution >= 4 is 21.9 Å². The van der Waals surface area contributed by atoms with Gasteiger partial charge in [0.2, 0.25) is 11.2 Å². The van der Waals surface area contributed by atoms with Gasteiger partial charge in [-0.05, 0) is 52.5 Å². The van der Waals surface area contributed by atoms with Gasteiger partial charge in [-0.25, -0.2) is 0 Å². The summed E-state index contributed by atoms with van der Waals surface area (Å²) >= 11 is 0. The van der Waals surface area contributed by atoms with Crippen molar-refractivity contribution in [2.45, 2.75) is 52.6 Å². The highest BCUT2D eigenvalue weighted by Gasteiger charge is 2.26. The van der Waals surface area contributed by atoms with Gasteiger partial charge in [0.25, 0.3) is 0 Å². The molecule has 2 aromatic carbocycles. The average Bonchev–Trinajstić information content (AvgIpc) is 2.61. The molecule has 0 atom stereocenters. The monoisotopic (exact) mass is 414 g/mol. The van der Waals surface area contributed by atoms with Crippen LogP contribution in [0.4, 0.5) is 0 Å². The minimum absolute atomic E-state index is 0.0280. The second-order valence-corrected chi connectivity index (χ2v) is 8.43. The zero-order valence-electron chi connectivity index (χ0n) is 17.4. The molecule has 5 N–H and O–H groups in total. The number of aliphatic hydroxyl groups is 1. The van der Waals surface area contributed by atoms with Crippen LogP contribution in [0.5, 0.6) is 23.0 Å². The highest BCUT2D eigenvalue weighted by atomic mass is 16.4. The minimum atomic E-state index is -1.03. The van der Waals surface area contributed by atoms with Crippen LogP contribution in [0.3, 0.4) is 0 Å². The first-order chi connectivity index (χ1) is 13.9. The van der Waals surface area contributed by atoms with E-state index in [0.29, 0.717) is 11.1 Å². The third-order valence-corrected chi connectivity index (χ3v) is 5.05. The van der Waals surface area contributed by atoms with Crippen LogP contribution in [0, 0.1) is 0 Å². The molecule has 0 aliphatic rings. The van der Waals surface area contributed by atoms with E-state index in [1.54, 1.807) is 13.8 Å². The Hall–Kier alpha value is -3.19. The van der Waals surface area contributed by atoms with Gasteiger partial charge in [0, 0.05) is 17.7 Å². The molecule has 0 aliphatic carbocycles. The molecule has 7 heteroatoms. The summed E-state index contributed by atoms with van der Waals surface area (Å²) in [6.45, 7) is 7.05. The summed E-state index contributed by atoms with van der Waals surface area (Å²) < 4.78 is 5.65. The largest absolute Gasteiger partial charge is 0.508 e. The number of aryl methyl sites for hydroxylation is 1. The normalized spacial score (nSPS) is 11.9. The van der Waals surface area contributed by atoms with Crippen molar-refractivity contribution in [2.75, 3.05) is 0 Å². The van der Waals surface area contributed by atoms with Gasteiger partial charge in [-0.15, -0.1) is 0 Å². The maximum atomic E-state index is 13.3. The van der Waals surface area contributed by atoms with Gasteiger partial charge >= 0.3 is 0 Å². The van der Waals surface area contributed by atoms with Crippen molar-refractivity contribution < 1.29 is 29.9 Å². The maximum Gasteiger partial charge on any atom is 0.204 e. The Morgan fingerprint density at radius 2 is 1.70 bits per heavy atom. The molecule has 0 spiro atoms. The Morgan fingerprint density at radius 3 is 2.30 bits per heavy atom. The van der Waals surface area contributed by atoms with E-state index in [2.05, 4.69) is 0 Å². The van der Waals surface area contributed by atoms with Crippen molar-refractivity contribution in [3.8, 4) is 23.0 Å². The van der Waals surface area contributed by atoms with Gasteiger partial charge < -0.3 is 29.9 Å². The zero-order valence-corrected chi connectivity index (χ0v) is 17.4. The molecule has 3 aromatic rings. The molecule has 7 nitrogen and oxygen atoms in total. The SMILES string of the molecule is CC(C)=CCc1c(O)c(O)c2oc3cc(O)cc(O)c3c(=O)c2c1CCC(C)(C)O. The first-order valence-corrected chi connectivity index (χ1v) is 9.64. The first-order valence-electron chi connectivity index (χ1n) is 9.64. The molecular formula is C23H26O7. The van der Waals surface area contributed by atoms with E-state index in [4.69, 9.17) is 4.42 Å². The van der Waals surface area contributed by atoms with Gasteiger partial charge in [0.1, 0.15) is 22.5 Å². The van der Waals surface area contributed by atoms with Crippen molar-refractivity contribution in [3.63, 3.8) is 0 Å². The molecular weight excluding hydrogens is 388 g/mol. The molecule has 0 bridgehead atoms.